The third-order valence-electron chi connectivity index (χ3n) is 2.16. The summed E-state index contributed by atoms with van der Waals surface area (Å²) in [4.78, 5) is 10.4. The monoisotopic (exact) mass is 172 g/mol. The Labute approximate surface area is 72.7 Å². The lowest BCUT2D eigenvalue weighted by molar-refractivity contribution is -0.142. The normalized spacial score (nSPS) is 22.3. The van der Waals surface area contributed by atoms with Crippen molar-refractivity contribution < 1.29 is 14.6 Å². The molecule has 2 fully saturated rings. The number of carboxylic acid groups (broad SMARTS) is 1. The smallest absolute Gasteiger partial charge is 0.306 e. The van der Waals surface area contributed by atoms with Gasteiger partial charge in [0, 0.05) is 0 Å². The summed E-state index contributed by atoms with van der Waals surface area (Å²) >= 11 is 0. The van der Waals surface area contributed by atoms with Crippen molar-refractivity contribution in [1.82, 2.24) is 0 Å². The van der Waals surface area contributed by atoms with E-state index in [1.165, 1.54) is 6.42 Å². The molecule has 1 saturated carbocycles. The topological polar surface area (TPSA) is 49.8 Å². The van der Waals surface area contributed by atoms with Crippen molar-refractivity contribution in [3.05, 3.63) is 0 Å². The Morgan fingerprint density at radius 1 is 1.17 bits per heavy atom. The van der Waals surface area contributed by atoms with Gasteiger partial charge in [-0.25, -0.2) is 0 Å². The van der Waals surface area contributed by atoms with Crippen LogP contribution in [0.2, 0.25) is 0 Å². The fourth-order valence-corrected chi connectivity index (χ4v) is 1.35. The lowest BCUT2D eigenvalue weighted by Gasteiger charge is -2.16. The molecule has 3 nitrogen and oxygen atoms in total. The van der Waals surface area contributed by atoms with Crippen molar-refractivity contribution in [2.45, 2.75) is 32.1 Å². The van der Waals surface area contributed by atoms with E-state index in [1.54, 1.807) is 0 Å². The number of hydrogen-bond donors (Lipinski definition) is 1. The van der Waals surface area contributed by atoms with Crippen LogP contribution < -0.4 is 0 Å². The fourth-order valence-electron chi connectivity index (χ4n) is 1.35. The molecule has 1 N–H and O–H groups in total. The predicted molar refractivity (Wildman–Crippen MR) is 45.0 cm³/mol. The molecule has 0 unspecified atom stereocenters. The minimum Gasteiger partial charge on any atom is -0.481 e. The SMILES string of the molecule is C1CO1.O=C(O)C1CCCCC1. The summed E-state index contributed by atoms with van der Waals surface area (Å²) in [7, 11) is 0. The first-order valence-corrected chi connectivity index (χ1v) is 4.61. The van der Waals surface area contributed by atoms with E-state index in [-0.39, 0.29) is 5.92 Å². The van der Waals surface area contributed by atoms with Gasteiger partial charge < -0.3 is 9.84 Å². The van der Waals surface area contributed by atoms with E-state index in [9.17, 15) is 4.79 Å². The number of carboxylic acids is 1. The predicted octanol–water partition coefficient (Wildman–Crippen LogP) is 1.67. The molecule has 1 aliphatic carbocycles. The van der Waals surface area contributed by atoms with Crippen molar-refractivity contribution in [2.75, 3.05) is 13.2 Å². The minimum absolute atomic E-state index is 0.0289. The van der Waals surface area contributed by atoms with Crippen LogP contribution in [0.1, 0.15) is 32.1 Å². The zero-order valence-electron chi connectivity index (χ0n) is 7.29. The van der Waals surface area contributed by atoms with E-state index in [2.05, 4.69) is 4.74 Å². The summed E-state index contributed by atoms with van der Waals surface area (Å²) in [5, 5.41) is 8.54. The van der Waals surface area contributed by atoms with Crippen molar-refractivity contribution in [1.29, 1.82) is 0 Å². The fraction of sp³-hybridized carbons (Fsp3) is 0.889. The van der Waals surface area contributed by atoms with E-state index in [1.807, 2.05) is 0 Å². The third-order valence-corrected chi connectivity index (χ3v) is 2.16. The largest absolute Gasteiger partial charge is 0.481 e. The minimum atomic E-state index is -0.602. The average Bonchev–Trinajstić information content (AvgIpc) is 2.92. The molecule has 0 amide bonds. The molecule has 12 heavy (non-hydrogen) atoms. The van der Waals surface area contributed by atoms with Gasteiger partial charge in [0.25, 0.3) is 0 Å². The molecular formula is C9H16O3. The van der Waals surface area contributed by atoms with Gasteiger partial charge in [0.1, 0.15) is 0 Å². The van der Waals surface area contributed by atoms with E-state index < -0.39 is 5.97 Å². The number of aliphatic carboxylic acids is 1. The quantitative estimate of drug-likeness (QED) is 0.612. The van der Waals surface area contributed by atoms with Crippen LogP contribution >= 0.6 is 0 Å². The van der Waals surface area contributed by atoms with Crippen molar-refractivity contribution in [3.8, 4) is 0 Å². The first-order valence-electron chi connectivity index (χ1n) is 4.61. The Hall–Kier alpha value is -0.570. The molecule has 1 heterocycles. The molecule has 70 valence electrons. The van der Waals surface area contributed by atoms with Gasteiger partial charge in [-0.05, 0) is 12.8 Å². The lowest BCUT2D eigenvalue weighted by atomic mass is 9.90. The van der Waals surface area contributed by atoms with E-state index in [4.69, 9.17) is 5.11 Å². The molecule has 0 radical (unpaired) electrons. The molecule has 2 aliphatic rings. The first-order chi connectivity index (χ1) is 5.80. The Morgan fingerprint density at radius 2 is 1.67 bits per heavy atom. The summed E-state index contributed by atoms with van der Waals surface area (Å²) in [6.07, 6.45) is 5.24. The second-order valence-electron chi connectivity index (χ2n) is 3.29. The second-order valence-corrected chi connectivity index (χ2v) is 3.29. The highest BCUT2D eigenvalue weighted by Gasteiger charge is 2.19. The van der Waals surface area contributed by atoms with Crippen LogP contribution in [0.5, 0.6) is 0 Å². The molecule has 0 aromatic carbocycles. The second kappa shape index (κ2) is 5.14. The molecule has 0 spiro atoms. The summed E-state index contributed by atoms with van der Waals surface area (Å²) in [5.74, 6) is -0.631. The molecule has 1 saturated heterocycles. The Balaban J connectivity index is 0.000000200. The molecular weight excluding hydrogens is 156 g/mol. The highest BCUT2D eigenvalue weighted by Crippen LogP contribution is 2.23. The maximum Gasteiger partial charge on any atom is 0.306 e. The Kier molecular flexibility index (Phi) is 4.08. The zero-order valence-corrected chi connectivity index (χ0v) is 7.29. The van der Waals surface area contributed by atoms with Crippen LogP contribution in [0, 0.1) is 5.92 Å². The van der Waals surface area contributed by atoms with Gasteiger partial charge >= 0.3 is 5.97 Å². The molecule has 0 aromatic heterocycles. The van der Waals surface area contributed by atoms with Gasteiger partial charge in [0.05, 0.1) is 19.1 Å². The van der Waals surface area contributed by atoms with Gasteiger partial charge in [0.15, 0.2) is 0 Å². The number of epoxide rings is 1. The molecule has 0 bridgehead atoms. The summed E-state index contributed by atoms with van der Waals surface area (Å²) < 4.78 is 4.50. The van der Waals surface area contributed by atoms with E-state index >= 15 is 0 Å². The number of carbonyl (C=O) groups is 1. The standard InChI is InChI=1S/C7H12O2.C2H4O/c8-7(9)6-4-2-1-3-5-6;1-2-3-1/h6H,1-5H2,(H,8,9);1-2H2. The van der Waals surface area contributed by atoms with Crippen LogP contribution in [0.4, 0.5) is 0 Å². The lowest BCUT2D eigenvalue weighted by Crippen LogP contribution is -2.16. The van der Waals surface area contributed by atoms with Gasteiger partial charge in [-0.2, -0.15) is 0 Å². The van der Waals surface area contributed by atoms with Crippen LogP contribution in [0.15, 0.2) is 0 Å². The number of ether oxygens (including phenoxy) is 1. The van der Waals surface area contributed by atoms with Crippen molar-refractivity contribution in [3.63, 3.8) is 0 Å². The van der Waals surface area contributed by atoms with Crippen LogP contribution in [-0.4, -0.2) is 24.3 Å². The van der Waals surface area contributed by atoms with Crippen LogP contribution in [0.3, 0.4) is 0 Å². The highest BCUT2D eigenvalue weighted by molar-refractivity contribution is 5.69. The summed E-state index contributed by atoms with van der Waals surface area (Å²) in [6, 6.07) is 0. The molecule has 2 rings (SSSR count). The molecule has 0 atom stereocenters. The summed E-state index contributed by atoms with van der Waals surface area (Å²) in [5.41, 5.74) is 0. The van der Waals surface area contributed by atoms with Crippen LogP contribution in [-0.2, 0) is 9.53 Å². The third kappa shape index (κ3) is 4.34. The molecule has 3 heteroatoms. The molecule has 0 aromatic rings. The van der Waals surface area contributed by atoms with Crippen molar-refractivity contribution in [2.24, 2.45) is 5.92 Å². The van der Waals surface area contributed by atoms with Crippen LogP contribution in [0.25, 0.3) is 0 Å². The van der Waals surface area contributed by atoms with Gasteiger partial charge in [0.2, 0.25) is 0 Å². The zero-order chi connectivity index (χ0) is 8.81. The maximum atomic E-state index is 10.4. The van der Waals surface area contributed by atoms with Gasteiger partial charge in [-0.3, -0.25) is 4.79 Å². The van der Waals surface area contributed by atoms with Crippen molar-refractivity contribution >= 4 is 5.97 Å². The Morgan fingerprint density at radius 3 is 1.92 bits per heavy atom. The number of hydrogen-bond acceptors (Lipinski definition) is 2. The van der Waals surface area contributed by atoms with Gasteiger partial charge in [-0.1, -0.05) is 19.3 Å². The van der Waals surface area contributed by atoms with E-state index in [0.717, 1.165) is 38.9 Å². The Bertz CT molecular complexity index is 134. The highest BCUT2D eigenvalue weighted by atomic mass is 16.6. The molecule has 1 aliphatic heterocycles. The summed E-state index contributed by atoms with van der Waals surface area (Å²) in [6.45, 7) is 2.00. The maximum absolute atomic E-state index is 10.4. The van der Waals surface area contributed by atoms with E-state index in [0.29, 0.717) is 0 Å². The first kappa shape index (κ1) is 9.52. The average molecular weight is 172 g/mol. The number of rotatable bonds is 1. The van der Waals surface area contributed by atoms with Gasteiger partial charge in [-0.15, -0.1) is 0 Å².